The Morgan fingerprint density at radius 1 is 1.12 bits per heavy atom. The number of rotatable bonds is 4. The molecular formula is C13H14N2O2. The molecule has 1 aromatic carbocycles. The van der Waals surface area contributed by atoms with Crippen LogP contribution >= 0.6 is 0 Å². The summed E-state index contributed by atoms with van der Waals surface area (Å²) in [4.78, 5) is 4.23. The molecule has 4 nitrogen and oxygen atoms in total. The van der Waals surface area contributed by atoms with Crippen molar-refractivity contribution in [3.8, 4) is 11.6 Å². The first-order chi connectivity index (χ1) is 8.31. The van der Waals surface area contributed by atoms with Gasteiger partial charge in [-0.25, -0.2) is 4.98 Å². The molecule has 0 unspecified atom stereocenters. The first-order valence-electron chi connectivity index (χ1n) is 5.35. The molecule has 1 heterocycles. The summed E-state index contributed by atoms with van der Waals surface area (Å²) in [7, 11) is 0. The molecule has 2 rings (SSSR count). The fourth-order valence-corrected chi connectivity index (χ4v) is 1.41. The molecular weight excluding hydrogens is 216 g/mol. The standard InChI is InChI=1S/C13H14N2O2/c14-8-11-2-1-3-13(15-11)17-12-6-4-10(9-16)5-7-12/h1-7,16H,8-9,14H2. The van der Waals surface area contributed by atoms with Crippen molar-refractivity contribution in [3.05, 3.63) is 53.7 Å². The van der Waals surface area contributed by atoms with Gasteiger partial charge in [0.1, 0.15) is 5.75 Å². The Morgan fingerprint density at radius 3 is 2.53 bits per heavy atom. The van der Waals surface area contributed by atoms with E-state index in [1.54, 1.807) is 18.2 Å². The highest BCUT2D eigenvalue weighted by Gasteiger charge is 2.00. The fourth-order valence-electron chi connectivity index (χ4n) is 1.41. The molecule has 3 N–H and O–H groups in total. The fraction of sp³-hybridized carbons (Fsp3) is 0.154. The van der Waals surface area contributed by atoms with E-state index in [2.05, 4.69) is 4.98 Å². The van der Waals surface area contributed by atoms with Crippen molar-refractivity contribution in [1.82, 2.24) is 4.98 Å². The van der Waals surface area contributed by atoms with Crippen molar-refractivity contribution in [2.45, 2.75) is 13.2 Å². The molecule has 0 radical (unpaired) electrons. The number of ether oxygens (including phenoxy) is 1. The van der Waals surface area contributed by atoms with Crippen LogP contribution in [-0.4, -0.2) is 10.1 Å². The monoisotopic (exact) mass is 230 g/mol. The lowest BCUT2D eigenvalue weighted by Gasteiger charge is -2.06. The molecule has 0 saturated heterocycles. The molecule has 4 heteroatoms. The van der Waals surface area contributed by atoms with Crippen molar-refractivity contribution in [2.24, 2.45) is 5.73 Å². The van der Waals surface area contributed by atoms with Gasteiger partial charge in [0, 0.05) is 12.6 Å². The van der Waals surface area contributed by atoms with Crippen molar-refractivity contribution < 1.29 is 9.84 Å². The maximum Gasteiger partial charge on any atom is 0.219 e. The van der Waals surface area contributed by atoms with E-state index in [0.29, 0.717) is 18.2 Å². The molecule has 0 atom stereocenters. The smallest absolute Gasteiger partial charge is 0.219 e. The summed E-state index contributed by atoms with van der Waals surface area (Å²) in [6.45, 7) is 0.418. The number of aliphatic hydroxyl groups is 1. The number of aromatic nitrogens is 1. The van der Waals surface area contributed by atoms with Gasteiger partial charge in [0.25, 0.3) is 0 Å². The molecule has 0 spiro atoms. The Labute approximate surface area is 99.7 Å². The molecule has 17 heavy (non-hydrogen) atoms. The number of pyridine rings is 1. The van der Waals surface area contributed by atoms with Crippen LogP contribution in [0.2, 0.25) is 0 Å². The molecule has 0 fully saturated rings. The zero-order chi connectivity index (χ0) is 12.1. The highest BCUT2D eigenvalue weighted by Crippen LogP contribution is 2.19. The number of hydrogen-bond acceptors (Lipinski definition) is 4. The quantitative estimate of drug-likeness (QED) is 0.840. The number of benzene rings is 1. The summed E-state index contributed by atoms with van der Waals surface area (Å²) < 4.78 is 5.57. The van der Waals surface area contributed by atoms with Crippen molar-refractivity contribution in [1.29, 1.82) is 0 Å². The van der Waals surface area contributed by atoms with E-state index in [9.17, 15) is 0 Å². The van der Waals surface area contributed by atoms with Gasteiger partial charge in [0.2, 0.25) is 5.88 Å². The second-order valence-electron chi connectivity index (χ2n) is 3.58. The van der Waals surface area contributed by atoms with Crippen LogP contribution in [0, 0.1) is 0 Å². The number of nitrogens with zero attached hydrogens (tertiary/aromatic N) is 1. The summed E-state index contributed by atoms with van der Waals surface area (Å²) in [6.07, 6.45) is 0. The van der Waals surface area contributed by atoms with E-state index in [0.717, 1.165) is 11.3 Å². The molecule has 0 amide bonds. The number of aliphatic hydroxyl groups excluding tert-OH is 1. The molecule has 0 aliphatic heterocycles. The average Bonchev–Trinajstić information content (AvgIpc) is 2.40. The van der Waals surface area contributed by atoms with Crippen LogP contribution in [0.5, 0.6) is 11.6 Å². The minimum Gasteiger partial charge on any atom is -0.439 e. The second kappa shape index (κ2) is 5.43. The second-order valence-corrected chi connectivity index (χ2v) is 3.58. The summed E-state index contributed by atoms with van der Waals surface area (Å²) in [5.74, 6) is 1.20. The van der Waals surface area contributed by atoms with Crippen LogP contribution in [0.25, 0.3) is 0 Å². The lowest BCUT2D eigenvalue weighted by Crippen LogP contribution is -2.00. The Kier molecular flexibility index (Phi) is 3.69. The molecule has 2 aromatic rings. The summed E-state index contributed by atoms with van der Waals surface area (Å²) in [5.41, 5.74) is 7.14. The first-order valence-corrected chi connectivity index (χ1v) is 5.35. The van der Waals surface area contributed by atoms with Gasteiger partial charge < -0.3 is 15.6 Å². The van der Waals surface area contributed by atoms with Gasteiger partial charge in [-0.2, -0.15) is 0 Å². The van der Waals surface area contributed by atoms with Crippen molar-refractivity contribution in [2.75, 3.05) is 0 Å². The third-order valence-electron chi connectivity index (χ3n) is 2.32. The van der Waals surface area contributed by atoms with E-state index >= 15 is 0 Å². The van der Waals surface area contributed by atoms with Gasteiger partial charge >= 0.3 is 0 Å². The van der Waals surface area contributed by atoms with Crippen LogP contribution < -0.4 is 10.5 Å². The van der Waals surface area contributed by atoms with E-state index in [1.165, 1.54) is 0 Å². The largest absolute Gasteiger partial charge is 0.439 e. The molecule has 0 aliphatic carbocycles. The topological polar surface area (TPSA) is 68.4 Å². The minimum atomic E-state index is 0.0290. The first kappa shape index (κ1) is 11.6. The maximum atomic E-state index is 8.92. The predicted molar refractivity (Wildman–Crippen MR) is 64.6 cm³/mol. The molecule has 88 valence electrons. The average molecular weight is 230 g/mol. The molecule has 1 aromatic heterocycles. The van der Waals surface area contributed by atoms with Gasteiger partial charge in [-0.15, -0.1) is 0 Å². The van der Waals surface area contributed by atoms with Gasteiger partial charge in [-0.3, -0.25) is 0 Å². The van der Waals surface area contributed by atoms with E-state index < -0.39 is 0 Å². The Morgan fingerprint density at radius 2 is 1.88 bits per heavy atom. The molecule has 0 saturated carbocycles. The Bertz CT molecular complexity index is 483. The van der Waals surface area contributed by atoms with E-state index in [1.807, 2.05) is 24.3 Å². The Balaban J connectivity index is 2.13. The van der Waals surface area contributed by atoms with Gasteiger partial charge in [0.15, 0.2) is 0 Å². The minimum absolute atomic E-state index is 0.0290. The lowest BCUT2D eigenvalue weighted by atomic mass is 10.2. The Hall–Kier alpha value is -1.91. The third-order valence-corrected chi connectivity index (χ3v) is 2.32. The van der Waals surface area contributed by atoms with E-state index in [-0.39, 0.29) is 6.61 Å². The zero-order valence-electron chi connectivity index (χ0n) is 9.34. The van der Waals surface area contributed by atoms with Crippen molar-refractivity contribution in [3.63, 3.8) is 0 Å². The third kappa shape index (κ3) is 3.03. The summed E-state index contributed by atoms with van der Waals surface area (Å²) in [6, 6.07) is 12.7. The highest BCUT2D eigenvalue weighted by molar-refractivity contribution is 5.30. The van der Waals surface area contributed by atoms with Crippen LogP contribution in [0.15, 0.2) is 42.5 Å². The maximum absolute atomic E-state index is 8.92. The predicted octanol–water partition coefficient (Wildman–Crippen LogP) is 1.82. The van der Waals surface area contributed by atoms with Crippen molar-refractivity contribution >= 4 is 0 Å². The lowest BCUT2D eigenvalue weighted by molar-refractivity contribution is 0.281. The van der Waals surface area contributed by atoms with E-state index in [4.69, 9.17) is 15.6 Å². The summed E-state index contributed by atoms with van der Waals surface area (Å²) >= 11 is 0. The summed E-state index contributed by atoms with van der Waals surface area (Å²) in [5, 5.41) is 8.92. The molecule has 0 aliphatic rings. The van der Waals surface area contributed by atoms with Crippen LogP contribution in [0.4, 0.5) is 0 Å². The van der Waals surface area contributed by atoms with Crippen LogP contribution in [0.3, 0.4) is 0 Å². The molecule has 0 bridgehead atoms. The van der Waals surface area contributed by atoms with Gasteiger partial charge in [-0.1, -0.05) is 18.2 Å². The van der Waals surface area contributed by atoms with Crippen LogP contribution in [0.1, 0.15) is 11.3 Å². The highest BCUT2D eigenvalue weighted by atomic mass is 16.5. The van der Waals surface area contributed by atoms with Crippen LogP contribution in [-0.2, 0) is 13.2 Å². The SMILES string of the molecule is NCc1cccc(Oc2ccc(CO)cc2)n1. The van der Waals surface area contributed by atoms with Gasteiger partial charge in [-0.05, 0) is 23.8 Å². The number of hydrogen-bond donors (Lipinski definition) is 2. The number of nitrogens with two attached hydrogens (primary N) is 1. The van der Waals surface area contributed by atoms with Gasteiger partial charge in [0.05, 0.1) is 12.3 Å². The zero-order valence-corrected chi connectivity index (χ0v) is 9.34. The normalized spacial score (nSPS) is 10.2.